The van der Waals surface area contributed by atoms with E-state index in [4.69, 9.17) is 28.2 Å². The molecule has 140 valence electrons. The molecule has 1 amide bonds. The van der Waals surface area contributed by atoms with Crippen LogP contribution in [0.15, 0.2) is 53.3 Å². The van der Waals surface area contributed by atoms with Crippen LogP contribution in [-0.4, -0.2) is 32.8 Å². The molecule has 0 spiro atoms. The van der Waals surface area contributed by atoms with Crippen LogP contribution in [-0.2, 0) is 4.79 Å². The van der Waals surface area contributed by atoms with Crippen LogP contribution in [0.25, 0.3) is 16.6 Å². The molecule has 0 aliphatic rings. The van der Waals surface area contributed by atoms with Crippen molar-refractivity contribution in [2.45, 2.75) is 19.9 Å². The SMILES string of the molecule is CCN(C(=O)CCl)[C@H](C)c1nc2ccccc2c(=O)n1-c1ccccc1Cl. The van der Waals surface area contributed by atoms with E-state index in [9.17, 15) is 9.59 Å². The second-order valence-electron chi connectivity index (χ2n) is 6.07. The van der Waals surface area contributed by atoms with E-state index in [1.807, 2.05) is 19.9 Å². The van der Waals surface area contributed by atoms with Crippen molar-refractivity contribution in [1.29, 1.82) is 0 Å². The summed E-state index contributed by atoms with van der Waals surface area (Å²) in [6, 6.07) is 13.7. The Morgan fingerprint density at radius 3 is 2.52 bits per heavy atom. The summed E-state index contributed by atoms with van der Waals surface area (Å²) >= 11 is 12.1. The first-order valence-electron chi connectivity index (χ1n) is 8.61. The van der Waals surface area contributed by atoms with Gasteiger partial charge in [0, 0.05) is 6.54 Å². The maximum atomic E-state index is 13.3. The molecule has 0 aliphatic carbocycles. The molecule has 27 heavy (non-hydrogen) atoms. The molecule has 3 rings (SSSR count). The van der Waals surface area contributed by atoms with Gasteiger partial charge in [-0.1, -0.05) is 35.9 Å². The number of benzene rings is 2. The fraction of sp³-hybridized carbons (Fsp3) is 0.250. The Labute approximate surface area is 167 Å². The number of hydrogen-bond donors (Lipinski definition) is 0. The molecular weight excluding hydrogens is 385 g/mol. The predicted molar refractivity (Wildman–Crippen MR) is 109 cm³/mol. The summed E-state index contributed by atoms with van der Waals surface area (Å²) in [5.41, 5.74) is 0.866. The number of aromatic nitrogens is 2. The standard InChI is InChI=1S/C20H19Cl2N3O2/c1-3-24(18(26)12-21)13(2)19-23-16-10-6-4-8-14(16)20(27)25(19)17-11-7-5-9-15(17)22/h4-11,13H,3,12H2,1-2H3/t13-/m1/s1. The Kier molecular flexibility index (Phi) is 5.82. The molecule has 0 unspecified atom stereocenters. The first kappa shape index (κ1) is 19.4. The lowest BCUT2D eigenvalue weighted by molar-refractivity contribution is -0.130. The van der Waals surface area contributed by atoms with Gasteiger partial charge >= 0.3 is 0 Å². The maximum Gasteiger partial charge on any atom is 0.266 e. The number of hydrogen-bond acceptors (Lipinski definition) is 3. The summed E-state index contributed by atoms with van der Waals surface area (Å²) in [5, 5.41) is 0.914. The molecule has 0 radical (unpaired) electrons. The molecule has 0 N–H and O–H groups in total. The van der Waals surface area contributed by atoms with Gasteiger partial charge in [-0.3, -0.25) is 14.2 Å². The van der Waals surface area contributed by atoms with E-state index in [1.54, 1.807) is 47.4 Å². The van der Waals surface area contributed by atoms with Gasteiger partial charge in [0.05, 0.1) is 27.7 Å². The highest BCUT2D eigenvalue weighted by atomic mass is 35.5. The van der Waals surface area contributed by atoms with Gasteiger partial charge in [0.15, 0.2) is 0 Å². The largest absolute Gasteiger partial charge is 0.332 e. The molecule has 1 heterocycles. The molecule has 1 aromatic heterocycles. The summed E-state index contributed by atoms with van der Waals surface area (Å²) in [5.74, 6) is 0.0779. The van der Waals surface area contributed by atoms with Crippen LogP contribution in [0.4, 0.5) is 0 Å². The van der Waals surface area contributed by atoms with E-state index >= 15 is 0 Å². The summed E-state index contributed by atoms with van der Waals surface area (Å²) in [7, 11) is 0. The number of nitrogens with zero attached hydrogens (tertiary/aromatic N) is 3. The summed E-state index contributed by atoms with van der Waals surface area (Å²) < 4.78 is 1.49. The normalized spacial score (nSPS) is 12.1. The lowest BCUT2D eigenvalue weighted by Gasteiger charge is -2.29. The van der Waals surface area contributed by atoms with Gasteiger partial charge in [0.25, 0.3) is 5.56 Å². The quantitative estimate of drug-likeness (QED) is 0.600. The Morgan fingerprint density at radius 1 is 1.19 bits per heavy atom. The molecule has 0 fully saturated rings. The Balaban J connectivity index is 2.34. The molecule has 3 aromatic rings. The molecule has 5 nitrogen and oxygen atoms in total. The number of para-hydroxylation sites is 2. The van der Waals surface area contributed by atoms with Crippen molar-refractivity contribution in [1.82, 2.24) is 14.5 Å². The third kappa shape index (κ3) is 3.57. The monoisotopic (exact) mass is 403 g/mol. The topological polar surface area (TPSA) is 55.2 Å². The molecule has 2 aromatic carbocycles. The molecular formula is C20H19Cl2N3O2. The van der Waals surface area contributed by atoms with Gasteiger partial charge in [0.1, 0.15) is 11.7 Å². The third-order valence-electron chi connectivity index (χ3n) is 4.51. The number of carbonyl (C=O) groups is 1. The zero-order valence-electron chi connectivity index (χ0n) is 15.0. The number of alkyl halides is 1. The zero-order valence-corrected chi connectivity index (χ0v) is 16.5. The minimum atomic E-state index is -0.463. The van der Waals surface area contributed by atoms with E-state index in [2.05, 4.69) is 0 Å². The lowest BCUT2D eigenvalue weighted by atomic mass is 10.2. The predicted octanol–water partition coefficient (Wildman–Crippen LogP) is 4.19. The number of carbonyl (C=O) groups excluding carboxylic acids is 1. The van der Waals surface area contributed by atoms with Crippen LogP contribution in [0.2, 0.25) is 5.02 Å². The van der Waals surface area contributed by atoms with Crippen LogP contribution in [0.3, 0.4) is 0 Å². The van der Waals surface area contributed by atoms with Gasteiger partial charge in [0.2, 0.25) is 5.91 Å². The molecule has 0 saturated carbocycles. The van der Waals surface area contributed by atoms with E-state index < -0.39 is 6.04 Å². The van der Waals surface area contributed by atoms with Crippen molar-refractivity contribution in [3.8, 4) is 5.69 Å². The van der Waals surface area contributed by atoms with Crippen molar-refractivity contribution in [2.75, 3.05) is 12.4 Å². The molecule has 0 bridgehead atoms. The van der Waals surface area contributed by atoms with Gasteiger partial charge in [-0.2, -0.15) is 0 Å². The van der Waals surface area contributed by atoms with Crippen LogP contribution in [0.1, 0.15) is 25.7 Å². The van der Waals surface area contributed by atoms with Crippen molar-refractivity contribution < 1.29 is 4.79 Å². The average Bonchev–Trinajstić information content (AvgIpc) is 2.69. The minimum Gasteiger partial charge on any atom is -0.332 e. The van der Waals surface area contributed by atoms with Gasteiger partial charge < -0.3 is 4.90 Å². The van der Waals surface area contributed by atoms with Gasteiger partial charge in [-0.25, -0.2) is 4.98 Å². The Morgan fingerprint density at radius 2 is 1.85 bits per heavy atom. The third-order valence-corrected chi connectivity index (χ3v) is 5.06. The first-order chi connectivity index (χ1) is 13.0. The fourth-order valence-corrected chi connectivity index (χ4v) is 3.55. The van der Waals surface area contributed by atoms with E-state index in [0.29, 0.717) is 34.0 Å². The summed E-state index contributed by atoms with van der Waals surface area (Å²) in [6.45, 7) is 4.13. The molecule has 0 saturated heterocycles. The molecule has 1 atom stereocenters. The fourth-order valence-electron chi connectivity index (χ4n) is 3.18. The smallest absolute Gasteiger partial charge is 0.266 e. The second kappa shape index (κ2) is 8.11. The van der Waals surface area contributed by atoms with Crippen LogP contribution in [0.5, 0.6) is 0 Å². The highest BCUT2D eigenvalue weighted by molar-refractivity contribution is 6.32. The van der Waals surface area contributed by atoms with E-state index in [-0.39, 0.29) is 17.3 Å². The van der Waals surface area contributed by atoms with Crippen molar-refractivity contribution in [3.63, 3.8) is 0 Å². The number of fused-ring (bicyclic) bond motifs is 1. The summed E-state index contributed by atoms with van der Waals surface area (Å²) in [4.78, 5) is 31.9. The number of rotatable bonds is 5. The van der Waals surface area contributed by atoms with Crippen molar-refractivity contribution in [2.24, 2.45) is 0 Å². The highest BCUT2D eigenvalue weighted by Gasteiger charge is 2.25. The Bertz CT molecular complexity index is 1050. The summed E-state index contributed by atoms with van der Waals surface area (Å²) in [6.07, 6.45) is 0. The van der Waals surface area contributed by atoms with E-state index in [0.717, 1.165) is 0 Å². The molecule has 0 aliphatic heterocycles. The highest BCUT2D eigenvalue weighted by Crippen LogP contribution is 2.26. The second-order valence-corrected chi connectivity index (χ2v) is 6.74. The Hall–Kier alpha value is -2.37. The zero-order chi connectivity index (χ0) is 19.6. The van der Waals surface area contributed by atoms with Gasteiger partial charge in [-0.15, -0.1) is 11.6 Å². The maximum absolute atomic E-state index is 13.3. The van der Waals surface area contributed by atoms with Gasteiger partial charge in [-0.05, 0) is 38.1 Å². The first-order valence-corrected chi connectivity index (χ1v) is 9.52. The van der Waals surface area contributed by atoms with Crippen molar-refractivity contribution >= 4 is 40.0 Å². The number of halogens is 2. The lowest BCUT2D eigenvalue weighted by Crippen LogP contribution is -2.38. The average molecular weight is 404 g/mol. The van der Waals surface area contributed by atoms with Crippen LogP contribution >= 0.6 is 23.2 Å². The minimum absolute atomic E-state index is 0.137. The van der Waals surface area contributed by atoms with E-state index in [1.165, 1.54) is 4.57 Å². The van der Waals surface area contributed by atoms with Crippen LogP contribution in [0, 0.1) is 0 Å². The van der Waals surface area contributed by atoms with Crippen LogP contribution < -0.4 is 5.56 Å². The number of amides is 1. The molecule has 7 heteroatoms. The van der Waals surface area contributed by atoms with Crippen molar-refractivity contribution in [3.05, 3.63) is 69.7 Å².